The summed E-state index contributed by atoms with van der Waals surface area (Å²) in [4.78, 5) is 16.3. The number of carbonyl (C=O) groups excluding carboxylic acids is 1. The first-order valence-electron chi connectivity index (χ1n) is 47.2. The van der Waals surface area contributed by atoms with Crippen molar-refractivity contribution in [1.82, 2.24) is 0 Å². The molecule has 13 fully saturated rings. The smallest absolute Gasteiger partial charge is 0.193 e. The summed E-state index contributed by atoms with van der Waals surface area (Å²) in [5.74, 6) is 27.4. The summed E-state index contributed by atoms with van der Waals surface area (Å²) < 4.78 is 0. The zero-order valence-electron chi connectivity index (χ0n) is 67.5. The fraction of sp³-hybridized carbons (Fsp3) is 0.435. The van der Waals surface area contributed by atoms with Crippen LogP contribution < -0.4 is 0 Å². The quantitative estimate of drug-likeness (QED) is 0.115. The number of rotatable bonds is 7. The lowest BCUT2D eigenvalue weighted by Crippen LogP contribution is -2.61. The Labute approximate surface area is 683 Å². The SMILES string of the molecule is Cc1ccc2c(c1)C(c1ccc3c(c1)CC3)(c1ccc3c(c1)CC14C=C5CC6CC7=C8C9C%10C(C7)CC7CC%11CC%12CC(C%13C%12C%12C%11C(C7%10)C7C9C9C8C6C5C5C9C(C%127)C%13C51)C4C3)c1cc(C(=O)c3ccc4c(c3)C(C)(C)c3cc(-c5ccc6c(c5)C(c5ccc7c(c5)CC7)(c5ccc7c(c5)CC7)c5cc(C)ccc5-6)ccc3-4)ccc1-2. The Hall–Kier alpha value is -8.65. The maximum Gasteiger partial charge on any atom is 0.193 e. The molecule has 1 spiro atoms. The predicted molar refractivity (Wildman–Crippen MR) is 457 cm³/mol. The molecule has 0 aliphatic heterocycles. The second-order valence-electron chi connectivity index (χ2n) is 45.3. The molecule has 566 valence electrons. The van der Waals surface area contributed by atoms with Crippen LogP contribution in [0.1, 0.15) is 186 Å². The van der Waals surface area contributed by atoms with Crippen molar-refractivity contribution in [2.45, 2.75) is 140 Å². The van der Waals surface area contributed by atoms with Gasteiger partial charge in [-0.1, -0.05) is 205 Å². The van der Waals surface area contributed by atoms with E-state index in [4.69, 9.17) is 0 Å². The molecule has 0 amide bonds. The predicted octanol–water partition coefficient (Wildman–Crippen LogP) is 23.4. The molecule has 1 heteroatoms. The van der Waals surface area contributed by atoms with Gasteiger partial charge < -0.3 is 0 Å². The lowest BCUT2D eigenvalue weighted by molar-refractivity contribution is -0.159. The van der Waals surface area contributed by atoms with E-state index in [1.165, 1.54) is 183 Å². The molecule has 1 nitrogen and oxygen atoms in total. The van der Waals surface area contributed by atoms with Crippen LogP contribution in [0.25, 0.3) is 44.5 Å². The first-order chi connectivity index (χ1) is 56.9. The Morgan fingerprint density at radius 3 is 1.38 bits per heavy atom. The van der Waals surface area contributed by atoms with Crippen LogP contribution in [0.5, 0.6) is 0 Å². The molecule has 29 atom stereocenters. The maximum absolute atomic E-state index is 16.3. The summed E-state index contributed by atoms with van der Waals surface area (Å²) in [7, 11) is 0. The number of hydrogen-bond donors (Lipinski definition) is 0. The third-order valence-corrected chi connectivity index (χ3v) is 42.4. The molecule has 116 heavy (non-hydrogen) atoms. The molecule has 23 aliphatic carbocycles. The van der Waals surface area contributed by atoms with E-state index in [0.717, 1.165) is 197 Å². The Kier molecular flexibility index (Phi) is 10.7. The van der Waals surface area contributed by atoms with Gasteiger partial charge in [0.05, 0.1) is 10.8 Å². The van der Waals surface area contributed by atoms with Gasteiger partial charge >= 0.3 is 0 Å². The Morgan fingerprint density at radius 1 is 0.328 bits per heavy atom. The lowest BCUT2D eigenvalue weighted by Gasteiger charge is -2.65. The summed E-state index contributed by atoms with van der Waals surface area (Å²) in [6.45, 7) is 9.44. The molecular formula is C115H100O. The van der Waals surface area contributed by atoms with Gasteiger partial charge in [-0.25, -0.2) is 0 Å². The van der Waals surface area contributed by atoms with Crippen LogP contribution in [0.15, 0.2) is 205 Å². The van der Waals surface area contributed by atoms with Gasteiger partial charge in [-0.3, -0.25) is 4.79 Å². The van der Waals surface area contributed by atoms with Crippen LogP contribution in [0, 0.1) is 179 Å². The van der Waals surface area contributed by atoms with E-state index in [1.807, 2.05) is 0 Å². The average molecular weight is 1500 g/mol. The molecule has 0 bridgehead atoms. The Morgan fingerprint density at radius 2 is 0.776 bits per heavy atom. The molecule has 0 heterocycles. The first-order valence-corrected chi connectivity index (χ1v) is 47.2. The summed E-state index contributed by atoms with van der Waals surface area (Å²) in [5.41, 5.74) is 46.0. The van der Waals surface area contributed by atoms with E-state index in [2.05, 4.69) is 232 Å². The number of fused-ring (bicyclic) bond motifs is 14. The van der Waals surface area contributed by atoms with Crippen LogP contribution in [-0.2, 0) is 67.6 Å². The maximum atomic E-state index is 16.3. The summed E-state index contributed by atoms with van der Waals surface area (Å²) in [6, 6.07) is 74.2. The van der Waals surface area contributed by atoms with E-state index < -0.39 is 10.8 Å². The number of carbonyl (C=O) groups is 1. The van der Waals surface area contributed by atoms with Crippen LogP contribution >= 0.6 is 0 Å². The molecule has 0 N–H and O–H groups in total. The van der Waals surface area contributed by atoms with E-state index >= 15 is 4.79 Å². The minimum Gasteiger partial charge on any atom is -0.289 e. The third-order valence-electron chi connectivity index (χ3n) is 42.4. The third kappa shape index (κ3) is 6.55. The fourth-order valence-electron chi connectivity index (χ4n) is 39.9. The standard InChI is InChI=1S/C115H100O/c1-51-5-25-78-80-28-18-60(46-88(80)114(86(78)31-51,72-21-13-53-7-10-56(53)39-72)73-22-14-54-8-11-57(54)40-73)59-17-27-76-77-29-19-62(47-84(77)112(3,4)83(76)44-59)111(116)63-20-30-81-79-26-6-52(2)32-87(79)115(89(81)48-63,74-23-15-55-9-12-58(55)41-74)75-24-16-61-45-85-82-43-69-37-67-35-65-33-64-34-66-36-68-38-71-50-113(85,49-70(61)42-75)110-108-96(71)92(68)100-94(66)98-90(64)91(65)99-95(67)101-93(69)97(82)109(110)107-105(101)103(99)102(98)104(100)106(107)108/h5-6,13-32,39-42,44,46-48,50,64-65,67-69,82,85,90-93,95-110H,7-12,33-38,43,45,49H2,1-4H3. The highest BCUT2D eigenvalue weighted by atomic mass is 16.1. The fourth-order valence-corrected chi connectivity index (χ4v) is 39.9. The van der Waals surface area contributed by atoms with Crippen molar-refractivity contribution in [3.8, 4) is 44.5 Å². The first kappa shape index (κ1) is 62.5. The molecule has 10 aromatic carbocycles. The van der Waals surface area contributed by atoms with Crippen LogP contribution in [0.3, 0.4) is 0 Å². The molecule has 0 radical (unpaired) electrons. The number of ketones is 1. The van der Waals surface area contributed by atoms with Gasteiger partial charge in [0, 0.05) is 16.5 Å². The Bertz CT molecular complexity index is 6510. The number of benzene rings is 10. The van der Waals surface area contributed by atoms with Crippen LogP contribution in [-0.4, -0.2) is 5.78 Å². The van der Waals surface area contributed by atoms with E-state index in [9.17, 15) is 0 Å². The minimum absolute atomic E-state index is 0.119. The van der Waals surface area contributed by atoms with E-state index in [1.54, 1.807) is 43.2 Å². The zero-order chi connectivity index (χ0) is 74.7. The largest absolute Gasteiger partial charge is 0.289 e. The van der Waals surface area contributed by atoms with Gasteiger partial charge in [0.2, 0.25) is 0 Å². The highest BCUT2D eigenvalue weighted by Gasteiger charge is 2.89. The van der Waals surface area contributed by atoms with Gasteiger partial charge in [0.15, 0.2) is 5.78 Å². The van der Waals surface area contributed by atoms with Gasteiger partial charge in [-0.2, -0.15) is 0 Å². The highest BCUT2D eigenvalue weighted by Crippen LogP contribution is 2.93. The van der Waals surface area contributed by atoms with E-state index in [0.29, 0.717) is 0 Å². The van der Waals surface area contributed by atoms with Crippen molar-refractivity contribution in [1.29, 1.82) is 0 Å². The summed E-state index contributed by atoms with van der Waals surface area (Å²) >= 11 is 0. The molecule has 0 aromatic heterocycles. The van der Waals surface area contributed by atoms with E-state index in [-0.39, 0.29) is 16.6 Å². The second-order valence-corrected chi connectivity index (χ2v) is 45.3. The van der Waals surface area contributed by atoms with Gasteiger partial charge in [-0.15, -0.1) is 0 Å². The average Bonchev–Trinajstić information content (AvgIpc) is 1.43. The molecule has 10 aromatic rings. The van der Waals surface area contributed by atoms with Crippen molar-refractivity contribution < 1.29 is 4.79 Å². The molecule has 13 saturated carbocycles. The topological polar surface area (TPSA) is 17.1 Å². The number of hydrogen-bond acceptors (Lipinski definition) is 1. The van der Waals surface area contributed by atoms with Crippen LogP contribution in [0.4, 0.5) is 0 Å². The molecule has 33 rings (SSSR count). The summed E-state index contributed by atoms with van der Waals surface area (Å²) in [5, 5.41) is 0. The Balaban J connectivity index is 0.515. The van der Waals surface area contributed by atoms with Gasteiger partial charge in [-0.05, 0) is 444 Å². The van der Waals surface area contributed by atoms with Gasteiger partial charge in [0.25, 0.3) is 0 Å². The van der Waals surface area contributed by atoms with Crippen LogP contribution in [0.2, 0.25) is 0 Å². The van der Waals surface area contributed by atoms with Crippen molar-refractivity contribution in [3.63, 3.8) is 0 Å². The van der Waals surface area contributed by atoms with Gasteiger partial charge in [0.1, 0.15) is 0 Å². The summed E-state index contributed by atoms with van der Waals surface area (Å²) in [6.07, 6.45) is 23.9. The molecular weight excluding hydrogens is 1400 g/mol. The normalized spacial score (nSPS) is 41.3. The monoisotopic (exact) mass is 1500 g/mol. The molecule has 0 saturated heterocycles. The zero-order valence-corrected chi connectivity index (χ0v) is 67.5. The van der Waals surface area contributed by atoms with Crippen molar-refractivity contribution >= 4 is 5.78 Å². The highest BCUT2D eigenvalue weighted by molar-refractivity contribution is 6.10. The van der Waals surface area contributed by atoms with Crippen molar-refractivity contribution in [3.05, 3.63) is 327 Å². The lowest BCUT2D eigenvalue weighted by atomic mass is 9.39. The molecule has 29 unspecified atom stereocenters. The second kappa shape index (κ2) is 19.8. The number of aryl methyl sites for hydroxylation is 8. The van der Waals surface area contributed by atoms with Crippen molar-refractivity contribution in [2.75, 3.05) is 0 Å². The minimum atomic E-state index is -0.612. The van der Waals surface area contributed by atoms with Crippen molar-refractivity contribution in [2.24, 2.45) is 165 Å². The number of allylic oxidation sites excluding steroid dienone is 4. The molecule has 23 aliphatic rings.